The minimum atomic E-state index is -1.12. The number of rotatable bonds is 3. The molecule has 0 aliphatic rings. The molecule has 0 saturated heterocycles. The highest BCUT2D eigenvalue weighted by molar-refractivity contribution is 6.31. The van der Waals surface area contributed by atoms with Gasteiger partial charge in [-0.25, -0.2) is 14.8 Å². The zero-order chi connectivity index (χ0) is 14.8. The van der Waals surface area contributed by atoms with Gasteiger partial charge < -0.3 is 9.84 Å². The van der Waals surface area contributed by atoms with Crippen LogP contribution in [-0.2, 0) is 0 Å². The smallest absolute Gasteiger partial charge is 0.339 e. The molecule has 0 aliphatic carbocycles. The predicted molar refractivity (Wildman–Crippen MR) is 78.0 cm³/mol. The monoisotopic (exact) mass is 300 g/mol. The summed E-state index contributed by atoms with van der Waals surface area (Å²) in [5.74, 6) is -0.740. The van der Waals surface area contributed by atoms with Crippen molar-refractivity contribution in [1.82, 2.24) is 9.97 Å². The van der Waals surface area contributed by atoms with Gasteiger partial charge in [0, 0.05) is 5.02 Å². The van der Waals surface area contributed by atoms with Gasteiger partial charge >= 0.3 is 5.97 Å². The highest BCUT2D eigenvalue weighted by Gasteiger charge is 2.13. The Morgan fingerprint density at radius 3 is 2.67 bits per heavy atom. The Labute approximate surface area is 124 Å². The summed E-state index contributed by atoms with van der Waals surface area (Å²) in [7, 11) is 0. The summed E-state index contributed by atoms with van der Waals surface area (Å²) in [6.07, 6.45) is 1.45. The first-order valence-electron chi connectivity index (χ1n) is 6.06. The number of ether oxygens (including phenoxy) is 1. The van der Waals surface area contributed by atoms with E-state index in [-0.39, 0.29) is 17.2 Å². The van der Waals surface area contributed by atoms with Crippen LogP contribution in [0.4, 0.5) is 0 Å². The third kappa shape index (κ3) is 2.78. The van der Waals surface area contributed by atoms with Crippen molar-refractivity contribution >= 4 is 28.6 Å². The second-order valence-electron chi connectivity index (χ2n) is 4.24. The summed E-state index contributed by atoms with van der Waals surface area (Å²) in [6.45, 7) is 0. The molecule has 0 radical (unpaired) electrons. The van der Waals surface area contributed by atoms with Gasteiger partial charge in [0.1, 0.15) is 11.3 Å². The van der Waals surface area contributed by atoms with E-state index < -0.39 is 5.97 Å². The van der Waals surface area contributed by atoms with E-state index in [0.717, 1.165) is 5.52 Å². The van der Waals surface area contributed by atoms with Crippen molar-refractivity contribution in [3.63, 3.8) is 0 Å². The van der Waals surface area contributed by atoms with Gasteiger partial charge in [0.05, 0.1) is 17.2 Å². The van der Waals surface area contributed by atoms with Crippen LogP contribution in [-0.4, -0.2) is 21.0 Å². The standard InChI is InChI=1S/C15H9ClN2O3/c16-9-5-6-13(10(7-9)15(19)20)21-14-8-17-11-3-1-2-4-12(11)18-14/h1-8H,(H,19,20). The van der Waals surface area contributed by atoms with Crippen molar-refractivity contribution in [3.8, 4) is 11.6 Å². The van der Waals surface area contributed by atoms with Gasteiger partial charge in [-0.05, 0) is 30.3 Å². The third-order valence-electron chi connectivity index (χ3n) is 2.81. The molecule has 0 atom stereocenters. The Hall–Kier alpha value is -2.66. The quantitative estimate of drug-likeness (QED) is 0.797. The molecule has 104 valence electrons. The normalized spacial score (nSPS) is 10.5. The van der Waals surface area contributed by atoms with Gasteiger partial charge in [-0.15, -0.1) is 0 Å². The van der Waals surface area contributed by atoms with Gasteiger partial charge in [0.2, 0.25) is 5.88 Å². The first-order valence-corrected chi connectivity index (χ1v) is 6.44. The van der Waals surface area contributed by atoms with E-state index in [0.29, 0.717) is 10.5 Å². The van der Waals surface area contributed by atoms with Crippen LogP contribution in [0.1, 0.15) is 10.4 Å². The van der Waals surface area contributed by atoms with E-state index in [1.807, 2.05) is 18.2 Å². The van der Waals surface area contributed by atoms with Crippen LogP contribution in [0.3, 0.4) is 0 Å². The average molecular weight is 301 g/mol. The molecule has 0 spiro atoms. The lowest BCUT2D eigenvalue weighted by Crippen LogP contribution is -2.01. The van der Waals surface area contributed by atoms with E-state index in [9.17, 15) is 4.79 Å². The number of para-hydroxylation sites is 2. The summed E-state index contributed by atoms with van der Waals surface area (Å²) in [5.41, 5.74) is 1.37. The van der Waals surface area contributed by atoms with E-state index in [1.165, 1.54) is 18.3 Å². The fraction of sp³-hybridized carbons (Fsp3) is 0. The minimum absolute atomic E-state index is 0.0301. The van der Waals surface area contributed by atoms with Gasteiger partial charge in [-0.1, -0.05) is 23.7 Å². The van der Waals surface area contributed by atoms with Crippen LogP contribution in [0.15, 0.2) is 48.7 Å². The lowest BCUT2D eigenvalue weighted by molar-refractivity contribution is 0.0694. The molecule has 1 N–H and O–H groups in total. The maximum atomic E-state index is 11.2. The fourth-order valence-corrected chi connectivity index (χ4v) is 2.03. The molecule has 2 aromatic carbocycles. The molecule has 5 nitrogen and oxygen atoms in total. The Balaban J connectivity index is 2.00. The van der Waals surface area contributed by atoms with Crippen molar-refractivity contribution in [2.75, 3.05) is 0 Å². The topological polar surface area (TPSA) is 72.3 Å². The second-order valence-corrected chi connectivity index (χ2v) is 4.68. The van der Waals surface area contributed by atoms with Crippen molar-refractivity contribution < 1.29 is 14.6 Å². The van der Waals surface area contributed by atoms with Crippen molar-refractivity contribution in [3.05, 3.63) is 59.2 Å². The SMILES string of the molecule is O=C(O)c1cc(Cl)ccc1Oc1cnc2ccccc2n1. The number of halogens is 1. The molecule has 0 aliphatic heterocycles. The summed E-state index contributed by atoms with van der Waals surface area (Å²) >= 11 is 5.80. The van der Waals surface area contributed by atoms with Crippen LogP contribution in [0, 0.1) is 0 Å². The molecule has 3 aromatic rings. The van der Waals surface area contributed by atoms with Crippen molar-refractivity contribution in [2.24, 2.45) is 0 Å². The van der Waals surface area contributed by atoms with Gasteiger partial charge in [-0.2, -0.15) is 0 Å². The molecule has 0 bridgehead atoms. The van der Waals surface area contributed by atoms with Crippen LogP contribution in [0.25, 0.3) is 11.0 Å². The number of aromatic carboxylic acids is 1. The number of hydrogen-bond acceptors (Lipinski definition) is 4. The number of benzene rings is 2. The lowest BCUT2D eigenvalue weighted by Gasteiger charge is -2.08. The summed E-state index contributed by atoms with van der Waals surface area (Å²) < 4.78 is 5.52. The van der Waals surface area contributed by atoms with Crippen molar-refractivity contribution in [1.29, 1.82) is 0 Å². The van der Waals surface area contributed by atoms with Crippen LogP contribution >= 0.6 is 11.6 Å². The molecule has 3 rings (SSSR count). The maximum absolute atomic E-state index is 11.2. The molecule has 21 heavy (non-hydrogen) atoms. The Bertz CT molecular complexity index is 836. The number of nitrogens with zero attached hydrogens (tertiary/aromatic N) is 2. The second kappa shape index (κ2) is 5.38. The van der Waals surface area contributed by atoms with Gasteiger partial charge in [0.25, 0.3) is 0 Å². The highest BCUT2D eigenvalue weighted by Crippen LogP contribution is 2.27. The first kappa shape index (κ1) is 13.3. The van der Waals surface area contributed by atoms with Crippen LogP contribution in [0.5, 0.6) is 11.6 Å². The van der Waals surface area contributed by atoms with E-state index >= 15 is 0 Å². The number of carbonyl (C=O) groups is 1. The molecule has 0 saturated carbocycles. The number of carboxylic acids is 1. The summed E-state index contributed by atoms with van der Waals surface area (Å²) in [5, 5.41) is 9.49. The molecule has 1 aromatic heterocycles. The largest absolute Gasteiger partial charge is 0.478 e. The van der Waals surface area contributed by atoms with Crippen LogP contribution in [0.2, 0.25) is 5.02 Å². The van der Waals surface area contributed by atoms with Gasteiger partial charge in [-0.3, -0.25) is 0 Å². The zero-order valence-electron chi connectivity index (χ0n) is 10.7. The highest BCUT2D eigenvalue weighted by atomic mass is 35.5. The fourth-order valence-electron chi connectivity index (χ4n) is 1.86. The van der Waals surface area contributed by atoms with E-state index in [1.54, 1.807) is 12.1 Å². The van der Waals surface area contributed by atoms with Crippen LogP contribution < -0.4 is 4.74 Å². The molecular formula is C15H9ClN2O3. The third-order valence-corrected chi connectivity index (χ3v) is 3.05. The lowest BCUT2D eigenvalue weighted by atomic mass is 10.2. The Kier molecular flexibility index (Phi) is 3.41. The zero-order valence-corrected chi connectivity index (χ0v) is 11.4. The van der Waals surface area contributed by atoms with E-state index in [2.05, 4.69) is 9.97 Å². The Morgan fingerprint density at radius 1 is 1.14 bits per heavy atom. The van der Waals surface area contributed by atoms with E-state index in [4.69, 9.17) is 21.4 Å². The number of carboxylic acid groups (broad SMARTS) is 1. The molecule has 0 unspecified atom stereocenters. The summed E-state index contributed by atoms with van der Waals surface area (Å²) in [6, 6.07) is 11.7. The number of hydrogen-bond donors (Lipinski definition) is 1. The van der Waals surface area contributed by atoms with Crippen molar-refractivity contribution in [2.45, 2.75) is 0 Å². The molecule has 1 heterocycles. The average Bonchev–Trinajstić information content (AvgIpc) is 2.49. The number of fused-ring (bicyclic) bond motifs is 1. The number of aromatic nitrogens is 2. The minimum Gasteiger partial charge on any atom is -0.478 e. The maximum Gasteiger partial charge on any atom is 0.339 e. The molecule has 6 heteroatoms. The molecular weight excluding hydrogens is 292 g/mol. The molecule has 0 amide bonds. The predicted octanol–water partition coefficient (Wildman–Crippen LogP) is 3.77. The molecule has 0 fully saturated rings. The summed E-state index contributed by atoms with van der Waals surface area (Å²) in [4.78, 5) is 19.7. The Morgan fingerprint density at radius 2 is 1.90 bits per heavy atom. The van der Waals surface area contributed by atoms with Gasteiger partial charge in [0.15, 0.2) is 0 Å². The first-order chi connectivity index (χ1) is 10.1.